The topological polar surface area (TPSA) is 50.1 Å². The third kappa shape index (κ3) is 4.16. The minimum absolute atomic E-state index is 0.195. The summed E-state index contributed by atoms with van der Waals surface area (Å²) in [5, 5.41) is 0. The summed E-state index contributed by atoms with van der Waals surface area (Å²) in [7, 11) is 0. The van der Waals surface area contributed by atoms with Crippen LogP contribution >= 0.6 is 15.9 Å². The molecule has 2 unspecified atom stereocenters. The van der Waals surface area contributed by atoms with Gasteiger partial charge in [0.25, 0.3) is 0 Å². The van der Waals surface area contributed by atoms with Gasteiger partial charge in [-0.25, -0.2) is 9.78 Å². The molecular weight excluding hydrogens is 468 g/mol. The normalized spacial score (nSPS) is 21.3. The van der Waals surface area contributed by atoms with Crippen LogP contribution in [-0.2, 0) is 11.3 Å². The van der Waals surface area contributed by atoms with Gasteiger partial charge in [0, 0.05) is 48.0 Å². The molecule has 1 amide bonds. The van der Waals surface area contributed by atoms with Crippen molar-refractivity contribution >= 4 is 27.7 Å². The Labute approximate surface area is 197 Å². The molecule has 6 nitrogen and oxygen atoms in total. The molecule has 1 aromatic carbocycles. The van der Waals surface area contributed by atoms with Crippen molar-refractivity contribution in [3.05, 3.63) is 58.8 Å². The van der Waals surface area contributed by atoms with E-state index in [2.05, 4.69) is 67.8 Å². The molecule has 0 N–H and O–H groups in total. The van der Waals surface area contributed by atoms with Crippen molar-refractivity contribution in [1.29, 1.82) is 0 Å². The van der Waals surface area contributed by atoms with Crippen LogP contribution in [0.15, 0.2) is 53.1 Å². The number of rotatable bonds is 3. The number of ether oxygens (including phenoxy) is 1. The van der Waals surface area contributed by atoms with Crippen molar-refractivity contribution in [1.82, 2.24) is 19.2 Å². The van der Waals surface area contributed by atoms with Gasteiger partial charge in [0.2, 0.25) is 0 Å². The van der Waals surface area contributed by atoms with Gasteiger partial charge in [-0.3, -0.25) is 4.90 Å². The molecule has 0 spiro atoms. The van der Waals surface area contributed by atoms with Crippen LogP contribution in [0.1, 0.15) is 39.3 Å². The summed E-state index contributed by atoms with van der Waals surface area (Å²) in [5.74, 6) is 0. The van der Waals surface area contributed by atoms with Gasteiger partial charge in [0.15, 0.2) is 0 Å². The van der Waals surface area contributed by atoms with E-state index in [0.717, 1.165) is 53.9 Å². The highest BCUT2D eigenvalue weighted by Gasteiger charge is 2.42. The number of likely N-dealkylation sites (tertiary alicyclic amines) is 1. The maximum Gasteiger partial charge on any atom is 0.410 e. The number of pyridine rings is 1. The molecule has 4 heterocycles. The first kappa shape index (κ1) is 21.5. The van der Waals surface area contributed by atoms with Crippen LogP contribution in [0.2, 0.25) is 0 Å². The highest BCUT2D eigenvalue weighted by Crippen LogP contribution is 2.35. The number of carbonyl (C=O) groups is 1. The van der Waals surface area contributed by atoms with Crippen molar-refractivity contribution in [3.63, 3.8) is 0 Å². The Bertz CT molecular complexity index is 1120. The Balaban J connectivity index is 1.43. The molecule has 7 heteroatoms. The van der Waals surface area contributed by atoms with Crippen LogP contribution in [0.25, 0.3) is 16.9 Å². The lowest BCUT2D eigenvalue weighted by molar-refractivity contribution is -0.000339. The summed E-state index contributed by atoms with van der Waals surface area (Å²) in [5.41, 5.74) is 3.83. The summed E-state index contributed by atoms with van der Waals surface area (Å²) in [6.07, 6.45) is 4.11. The van der Waals surface area contributed by atoms with Crippen molar-refractivity contribution in [2.24, 2.45) is 0 Å². The van der Waals surface area contributed by atoms with Crippen LogP contribution in [0.5, 0.6) is 0 Å². The molecule has 0 radical (unpaired) electrons. The Kier molecular flexibility index (Phi) is 5.50. The van der Waals surface area contributed by atoms with E-state index >= 15 is 0 Å². The predicted molar refractivity (Wildman–Crippen MR) is 128 cm³/mol. The molecule has 2 aromatic heterocycles. The van der Waals surface area contributed by atoms with Gasteiger partial charge < -0.3 is 14.0 Å². The first-order valence-corrected chi connectivity index (χ1v) is 12.0. The van der Waals surface area contributed by atoms with Gasteiger partial charge in [-0.05, 0) is 57.9 Å². The first-order chi connectivity index (χ1) is 15.3. The van der Waals surface area contributed by atoms with Crippen LogP contribution < -0.4 is 0 Å². The fourth-order valence-electron chi connectivity index (χ4n) is 4.93. The number of piperazine rings is 1. The molecule has 2 fully saturated rings. The molecule has 0 aliphatic carbocycles. The van der Waals surface area contributed by atoms with E-state index in [4.69, 9.17) is 9.72 Å². The molecule has 2 aliphatic heterocycles. The van der Waals surface area contributed by atoms with E-state index in [0.29, 0.717) is 12.1 Å². The largest absolute Gasteiger partial charge is 0.444 e. The second-order valence-corrected chi connectivity index (χ2v) is 10.7. The van der Waals surface area contributed by atoms with Crippen LogP contribution in [0, 0.1) is 0 Å². The zero-order valence-electron chi connectivity index (χ0n) is 18.8. The number of halogens is 1. The SMILES string of the molecule is CC(C)(C)OC(=O)N1CC2CCC(C1)N2Cc1c(-c2ccc(Br)cc2)nc2ccccn12. The number of nitrogens with zero attached hydrogens (tertiary/aromatic N) is 4. The van der Waals surface area contributed by atoms with Gasteiger partial charge in [-0.1, -0.05) is 34.1 Å². The monoisotopic (exact) mass is 496 g/mol. The number of hydrogen-bond acceptors (Lipinski definition) is 4. The molecule has 0 saturated carbocycles. The van der Waals surface area contributed by atoms with E-state index in [1.165, 1.54) is 5.69 Å². The zero-order chi connectivity index (χ0) is 22.5. The van der Waals surface area contributed by atoms with Crippen molar-refractivity contribution in [3.8, 4) is 11.3 Å². The zero-order valence-corrected chi connectivity index (χ0v) is 20.4. The summed E-state index contributed by atoms with van der Waals surface area (Å²) in [6, 6.07) is 15.2. The third-order valence-corrected chi connectivity index (χ3v) is 6.89. The van der Waals surface area contributed by atoms with Gasteiger partial charge >= 0.3 is 6.09 Å². The van der Waals surface area contributed by atoms with Crippen molar-refractivity contribution < 1.29 is 9.53 Å². The number of amides is 1. The molecule has 2 atom stereocenters. The lowest BCUT2D eigenvalue weighted by atomic mass is 10.1. The Hall–Kier alpha value is -2.38. The maximum atomic E-state index is 12.7. The van der Waals surface area contributed by atoms with Crippen LogP contribution in [0.3, 0.4) is 0 Å². The minimum atomic E-state index is -0.469. The summed E-state index contributed by atoms with van der Waals surface area (Å²) in [6.45, 7) is 8.01. The van der Waals surface area contributed by atoms with Gasteiger partial charge in [0.1, 0.15) is 11.2 Å². The highest BCUT2D eigenvalue weighted by atomic mass is 79.9. The van der Waals surface area contributed by atoms with Gasteiger partial charge in [-0.2, -0.15) is 0 Å². The summed E-state index contributed by atoms with van der Waals surface area (Å²) < 4.78 is 8.90. The first-order valence-electron chi connectivity index (χ1n) is 11.2. The van der Waals surface area contributed by atoms with Crippen molar-refractivity contribution in [2.75, 3.05) is 13.1 Å². The van der Waals surface area contributed by atoms with E-state index in [1.54, 1.807) is 0 Å². The number of imidazole rings is 1. The molecule has 32 heavy (non-hydrogen) atoms. The quantitative estimate of drug-likeness (QED) is 0.490. The Morgan fingerprint density at radius 2 is 1.78 bits per heavy atom. The molecule has 2 bridgehead atoms. The minimum Gasteiger partial charge on any atom is -0.444 e. The molecular formula is C25H29BrN4O2. The fourth-order valence-corrected chi connectivity index (χ4v) is 5.20. The summed E-state index contributed by atoms with van der Waals surface area (Å²) >= 11 is 3.53. The standard InChI is InChI=1S/C25H29BrN4O2/c1-25(2,3)32-24(31)28-14-19-11-12-20(15-28)30(19)16-21-23(17-7-9-18(26)10-8-17)27-22-6-4-5-13-29(21)22/h4-10,13,19-20H,11-12,14-16H2,1-3H3. The van der Waals surface area contributed by atoms with Gasteiger partial charge in [0.05, 0.1) is 11.4 Å². The van der Waals surface area contributed by atoms with E-state index < -0.39 is 5.60 Å². The average molecular weight is 497 g/mol. The maximum absolute atomic E-state index is 12.7. The Morgan fingerprint density at radius 1 is 1.09 bits per heavy atom. The third-order valence-electron chi connectivity index (χ3n) is 6.36. The lowest BCUT2D eigenvalue weighted by Crippen LogP contribution is -2.55. The van der Waals surface area contributed by atoms with Crippen LogP contribution in [-0.4, -0.2) is 56.1 Å². The van der Waals surface area contributed by atoms with E-state index in [1.807, 2.05) is 31.7 Å². The second-order valence-electron chi connectivity index (χ2n) is 9.79. The number of carbonyl (C=O) groups excluding carboxylic acids is 1. The number of aromatic nitrogens is 2. The molecule has 2 saturated heterocycles. The van der Waals surface area contributed by atoms with E-state index in [-0.39, 0.29) is 6.09 Å². The predicted octanol–water partition coefficient (Wildman–Crippen LogP) is 5.35. The molecule has 3 aromatic rings. The number of hydrogen-bond donors (Lipinski definition) is 0. The molecule has 5 rings (SSSR count). The smallest absolute Gasteiger partial charge is 0.410 e. The van der Waals surface area contributed by atoms with Crippen LogP contribution in [0.4, 0.5) is 4.79 Å². The number of fused-ring (bicyclic) bond motifs is 3. The van der Waals surface area contributed by atoms with Gasteiger partial charge in [-0.15, -0.1) is 0 Å². The number of benzene rings is 1. The highest BCUT2D eigenvalue weighted by molar-refractivity contribution is 9.10. The van der Waals surface area contributed by atoms with E-state index in [9.17, 15) is 4.79 Å². The molecule has 2 aliphatic rings. The van der Waals surface area contributed by atoms with Crippen molar-refractivity contribution in [2.45, 2.75) is 57.8 Å². The molecule has 168 valence electrons. The Morgan fingerprint density at radius 3 is 2.44 bits per heavy atom. The fraction of sp³-hybridized carbons (Fsp3) is 0.440. The lowest BCUT2D eigenvalue weighted by Gasteiger charge is -2.41. The summed E-state index contributed by atoms with van der Waals surface area (Å²) in [4.78, 5) is 22.1. The second kappa shape index (κ2) is 8.19. The average Bonchev–Trinajstić information content (AvgIpc) is 3.20.